The molecule has 0 amide bonds. The minimum absolute atomic E-state index is 0.0502. The molecular weight excluding hydrogens is 310 g/mol. The number of hydrogen-bond donors (Lipinski definition) is 1. The van der Waals surface area contributed by atoms with E-state index in [9.17, 15) is 5.11 Å². The van der Waals surface area contributed by atoms with Crippen LogP contribution < -0.4 is 0 Å². The highest BCUT2D eigenvalue weighted by atomic mass is 32.1. The second kappa shape index (κ2) is 6.04. The van der Waals surface area contributed by atoms with Gasteiger partial charge >= 0.3 is 0 Å². The number of nitrogens with zero attached hydrogens (tertiary/aromatic N) is 1. The number of benzene rings is 1. The fourth-order valence-corrected chi connectivity index (χ4v) is 3.96. The van der Waals surface area contributed by atoms with Crippen molar-refractivity contribution in [2.45, 2.75) is 58.7 Å². The zero-order valence-electron chi connectivity index (χ0n) is 15.3. The standard InChI is InChI=1S/C18H27NO3S/c1-17(2,3)10-9-11(18(4,5)6)14-12(13(10)20)19-15(23-14)16(21-7)22-8/h9,16,20H,1-8H3. The summed E-state index contributed by atoms with van der Waals surface area (Å²) in [6.07, 6.45) is -0.516. The second-order valence-electron chi connectivity index (χ2n) is 7.85. The molecule has 0 aliphatic rings. The third-order valence-corrected chi connectivity index (χ3v) is 5.01. The molecule has 2 rings (SSSR count). The van der Waals surface area contributed by atoms with Gasteiger partial charge in [0.25, 0.3) is 0 Å². The van der Waals surface area contributed by atoms with Crippen LogP contribution in [0.1, 0.15) is 64.0 Å². The fraction of sp³-hybridized carbons (Fsp3) is 0.611. The minimum atomic E-state index is -0.516. The van der Waals surface area contributed by atoms with Crippen LogP contribution in [0.4, 0.5) is 0 Å². The molecule has 128 valence electrons. The lowest BCUT2D eigenvalue weighted by atomic mass is 9.80. The number of aromatic nitrogens is 1. The third kappa shape index (κ3) is 3.37. The number of aromatic hydroxyl groups is 1. The van der Waals surface area contributed by atoms with E-state index in [1.54, 1.807) is 14.2 Å². The van der Waals surface area contributed by atoms with Gasteiger partial charge in [-0.05, 0) is 22.5 Å². The monoisotopic (exact) mass is 337 g/mol. The van der Waals surface area contributed by atoms with Crippen LogP contribution in [0, 0.1) is 0 Å². The summed E-state index contributed by atoms with van der Waals surface area (Å²) in [7, 11) is 3.18. The summed E-state index contributed by atoms with van der Waals surface area (Å²) < 4.78 is 11.6. The molecule has 0 bridgehead atoms. The average Bonchev–Trinajstić information content (AvgIpc) is 2.82. The molecule has 2 aromatic rings. The lowest BCUT2D eigenvalue weighted by Crippen LogP contribution is -2.16. The number of phenolic OH excluding ortho intramolecular Hbond substituents is 1. The van der Waals surface area contributed by atoms with Crippen molar-refractivity contribution >= 4 is 21.6 Å². The Morgan fingerprint density at radius 3 is 1.96 bits per heavy atom. The van der Waals surface area contributed by atoms with E-state index >= 15 is 0 Å². The molecular formula is C18H27NO3S. The second-order valence-corrected chi connectivity index (χ2v) is 8.88. The maximum absolute atomic E-state index is 10.8. The molecule has 1 heterocycles. The molecule has 1 N–H and O–H groups in total. The smallest absolute Gasteiger partial charge is 0.210 e. The molecule has 1 aromatic carbocycles. The van der Waals surface area contributed by atoms with Gasteiger partial charge in [0.05, 0.1) is 4.70 Å². The van der Waals surface area contributed by atoms with Gasteiger partial charge in [-0.2, -0.15) is 0 Å². The van der Waals surface area contributed by atoms with Crippen molar-refractivity contribution in [3.63, 3.8) is 0 Å². The van der Waals surface area contributed by atoms with Crippen molar-refractivity contribution in [3.05, 3.63) is 22.2 Å². The topological polar surface area (TPSA) is 51.6 Å². The van der Waals surface area contributed by atoms with Gasteiger partial charge < -0.3 is 14.6 Å². The van der Waals surface area contributed by atoms with Gasteiger partial charge in [0, 0.05) is 19.8 Å². The Balaban J connectivity index is 2.84. The Hall–Kier alpha value is -1.17. The first kappa shape index (κ1) is 18.2. The highest BCUT2D eigenvalue weighted by Crippen LogP contribution is 2.44. The lowest BCUT2D eigenvalue weighted by molar-refractivity contribution is -0.105. The van der Waals surface area contributed by atoms with Crippen LogP contribution in [-0.4, -0.2) is 24.3 Å². The van der Waals surface area contributed by atoms with Crippen molar-refractivity contribution in [2.75, 3.05) is 14.2 Å². The van der Waals surface area contributed by atoms with Crippen molar-refractivity contribution in [1.82, 2.24) is 4.98 Å². The Morgan fingerprint density at radius 2 is 1.52 bits per heavy atom. The molecule has 1 aromatic heterocycles. The Bertz CT molecular complexity index is 704. The molecule has 0 fully saturated rings. The van der Waals surface area contributed by atoms with Gasteiger partial charge in [0.2, 0.25) is 6.29 Å². The zero-order chi connectivity index (χ0) is 17.6. The van der Waals surface area contributed by atoms with Crippen LogP contribution in [0.3, 0.4) is 0 Å². The van der Waals surface area contributed by atoms with Crippen molar-refractivity contribution < 1.29 is 14.6 Å². The van der Waals surface area contributed by atoms with Gasteiger partial charge in [-0.3, -0.25) is 0 Å². The Labute approximate surface area is 142 Å². The van der Waals surface area contributed by atoms with Crippen LogP contribution in [0.5, 0.6) is 5.75 Å². The highest BCUT2D eigenvalue weighted by Gasteiger charge is 2.29. The van der Waals surface area contributed by atoms with Crippen LogP contribution >= 0.6 is 11.3 Å². The molecule has 0 unspecified atom stereocenters. The molecule has 4 nitrogen and oxygen atoms in total. The summed E-state index contributed by atoms with van der Waals surface area (Å²) in [5.41, 5.74) is 2.53. The van der Waals surface area contributed by atoms with E-state index in [1.165, 1.54) is 16.9 Å². The molecule has 0 radical (unpaired) electrons. The summed E-state index contributed by atoms with van der Waals surface area (Å²) in [5.74, 6) is 0.258. The zero-order valence-corrected chi connectivity index (χ0v) is 16.1. The Morgan fingerprint density at radius 1 is 1.00 bits per heavy atom. The SMILES string of the molecule is COC(OC)c1nc2c(O)c(C(C)(C)C)cc(C(C)(C)C)c2s1. The third-order valence-electron chi connectivity index (χ3n) is 3.90. The van der Waals surface area contributed by atoms with Crippen LogP contribution in [-0.2, 0) is 20.3 Å². The van der Waals surface area contributed by atoms with E-state index in [4.69, 9.17) is 9.47 Å². The van der Waals surface area contributed by atoms with Crippen molar-refractivity contribution in [2.24, 2.45) is 0 Å². The van der Waals surface area contributed by atoms with Crippen molar-refractivity contribution in [1.29, 1.82) is 0 Å². The minimum Gasteiger partial charge on any atom is -0.505 e. The molecule has 0 spiro atoms. The number of ether oxygens (including phenoxy) is 2. The van der Waals surface area contributed by atoms with E-state index in [-0.39, 0.29) is 16.6 Å². The summed E-state index contributed by atoms with van der Waals surface area (Å²) in [4.78, 5) is 4.62. The maximum Gasteiger partial charge on any atom is 0.210 e. The number of thiazole rings is 1. The first-order valence-electron chi connectivity index (χ1n) is 7.73. The largest absolute Gasteiger partial charge is 0.505 e. The molecule has 5 heteroatoms. The van der Waals surface area contributed by atoms with E-state index in [0.717, 1.165) is 15.3 Å². The van der Waals surface area contributed by atoms with Gasteiger partial charge in [0.15, 0.2) is 5.01 Å². The van der Waals surface area contributed by atoms with Gasteiger partial charge in [-0.15, -0.1) is 11.3 Å². The lowest BCUT2D eigenvalue weighted by Gasteiger charge is -2.26. The number of methoxy groups -OCH3 is 2. The van der Waals surface area contributed by atoms with Crippen LogP contribution in [0.15, 0.2) is 6.07 Å². The van der Waals surface area contributed by atoms with E-state index in [0.29, 0.717) is 5.52 Å². The predicted molar refractivity (Wildman–Crippen MR) is 95.4 cm³/mol. The van der Waals surface area contributed by atoms with Gasteiger partial charge in [-0.25, -0.2) is 4.98 Å². The van der Waals surface area contributed by atoms with E-state index < -0.39 is 6.29 Å². The molecule has 23 heavy (non-hydrogen) atoms. The summed E-state index contributed by atoms with van der Waals surface area (Å²) in [6.45, 7) is 12.8. The van der Waals surface area contributed by atoms with Crippen LogP contribution in [0.25, 0.3) is 10.2 Å². The predicted octanol–water partition coefficient (Wildman–Crippen LogP) is 4.89. The average molecular weight is 337 g/mol. The van der Waals surface area contributed by atoms with Crippen molar-refractivity contribution in [3.8, 4) is 5.75 Å². The van der Waals surface area contributed by atoms with Gasteiger partial charge in [-0.1, -0.05) is 41.5 Å². The summed E-state index contributed by atoms with van der Waals surface area (Å²) in [5, 5.41) is 11.5. The Kier molecular flexibility index (Phi) is 4.77. The van der Waals surface area contributed by atoms with Gasteiger partial charge in [0.1, 0.15) is 11.3 Å². The molecule has 0 atom stereocenters. The number of rotatable bonds is 3. The number of phenols is 1. The first-order chi connectivity index (χ1) is 10.5. The van der Waals surface area contributed by atoms with E-state index in [1.807, 2.05) is 0 Å². The molecule has 0 aliphatic heterocycles. The maximum atomic E-state index is 10.8. The normalized spacial score (nSPS) is 13.3. The van der Waals surface area contributed by atoms with E-state index in [2.05, 4.69) is 52.6 Å². The molecule has 0 saturated heterocycles. The highest BCUT2D eigenvalue weighted by molar-refractivity contribution is 7.18. The summed E-state index contributed by atoms with van der Waals surface area (Å²) >= 11 is 1.52. The first-order valence-corrected chi connectivity index (χ1v) is 8.55. The molecule has 0 saturated carbocycles. The number of fused-ring (bicyclic) bond motifs is 1. The molecule has 0 aliphatic carbocycles. The number of hydrogen-bond acceptors (Lipinski definition) is 5. The fourth-order valence-electron chi connectivity index (χ4n) is 2.61. The van der Waals surface area contributed by atoms with Crippen LogP contribution in [0.2, 0.25) is 0 Å². The quantitative estimate of drug-likeness (QED) is 0.810. The summed E-state index contributed by atoms with van der Waals surface area (Å²) in [6, 6.07) is 2.12.